The maximum absolute atomic E-state index is 12.6. The van der Waals surface area contributed by atoms with Crippen molar-refractivity contribution in [2.24, 2.45) is 0 Å². The number of benzene rings is 1. The van der Waals surface area contributed by atoms with Crippen molar-refractivity contribution in [2.75, 3.05) is 7.11 Å². The molecular weight excluding hydrogens is 167 g/mol. The Hall–Kier alpha value is -0.600. The molecule has 0 N–H and O–H groups in total. The van der Waals surface area contributed by atoms with Gasteiger partial charge in [0, 0.05) is 12.1 Å². The summed E-state index contributed by atoms with van der Waals surface area (Å²) in [4.78, 5) is 0. The van der Waals surface area contributed by atoms with E-state index in [9.17, 15) is 4.39 Å². The smallest absolute Gasteiger partial charge is 0.125 e. The molecule has 0 fully saturated rings. The van der Waals surface area contributed by atoms with E-state index in [1.165, 1.54) is 25.8 Å². The molecule has 0 saturated heterocycles. The Kier molecular flexibility index (Phi) is 2.85. The van der Waals surface area contributed by atoms with Crippen LogP contribution in [-0.2, 0) is 4.74 Å². The molecule has 3 heteroatoms. The highest BCUT2D eigenvalue weighted by Gasteiger charge is 1.98. The van der Waals surface area contributed by atoms with Crippen LogP contribution in [0.2, 0.25) is 5.02 Å². The summed E-state index contributed by atoms with van der Waals surface area (Å²) in [5, 5.41) is 0.369. The first kappa shape index (κ1) is 8.50. The number of ether oxygens (including phenoxy) is 1. The van der Waals surface area contributed by atoms with Crippen LogP contribution < -0.4 is 0 Å². The van der Waals surface area contributed by atoms with Crippen LogP contribution in [0.15, 0.2) is 18.2 Å². The van der Waals surface area contributed by atoms with Crippen LogP contribution in [0.4, 0.5) is 4.39 Å². The molecule has 1 aromatic rings. The summed E-state index contributed by atoms with van der Waals surface area (Å²) < 4.78 is 17.3. The minimum atomic E-state index is -0.360. The van der Waals surface area contributed by atoms with Crippen LogP contribution in [0.5, 0.6) is 0 Å². The van der Waals surface area contributed by atoms with Crippen LogP contribution in [0.25, 0.3) is 0 Å². The van der Waals surface area contributed by atoms with Crippen LogP contribution in [-0.4, -0.2) is 7.11 Å². The fourth-order valence-corrected chi connectivity index (χ4v) is 1.01. The molecule has 1 radical (unpaired) electrons. The lowest BCUT2D eigenvalue weighted by molar-refractivity contribution is 0.292. The van der Waals surface area contributed by atoms with Crippen LogP contribution >= 0.6 is 11.6 Å². The van der Waals surface area contributed by atoms with Gasteiger partial charge >= 0.3 is 0 Å². The standard InChI is InChI=1S/C8H7ClFO/c1-11-5-6-2-7(9)4-8(10)3-6/h2-5H,1H3. The zero-order valence-electron chi connectivity index (χ0n) is 5.97. The third kappa shape index (κ3) is 2.48. The second-order valence-corrected chi connectivity index (χ2v) is 2.49. The monoisotopic (exact) mass is 173 g/mol. The molecule has 0 atom stereocenters. The van der Waals surface area contributed by atoms with Crippen molar-refractivity contribution in [2.45, 2.75) is 0 Å². The van der Waals surface area contributed by atoms with Gasteiger partial charge in [0.1, 0.15) is 12.4 Å². The maximum Gasteiger partial charge on any atom is 0.125 e. The molecule has 59 valence electrons. The first-order valence-corrected chi connectivity index (χ1v) is 3.42. The van der Waals surface area contributed by atoms with E-state index in [0.29, 0.717) is 10.6 Å². The first-order chi connectivity index (χ1) is 5.22. The average Bonchev–Trinajstić information content (AvgIpc) is 1.85. The molecular formula is C8H7ClFO. The SMILES string of the molecule is CO[CH]c1cc(F)cc(Cl)c1. The van der Waals surface area contributed by atoms with E-state index in [1.807, 2.05) is 0 Å². The predicted octanol–water partition coefficient (Wildman–Crippen LogP) is 2.64. The molecule has 0 aliphatic carbocycles. The molecule has 0 heterocycles. The Bertz CT molecular complexity index is 230. The summed E-state index contributed by atoms with van der Waals surface area (Å²) in [6.45, 7) is 1.43. The van der Waals surface area contributed by atoms with Crippen molar-refractivity contribution in [1.29, 1.82) is 0 Å². The Labute approximate surface area is 69.7 Å². The highest BCUT2D eigenvalue weighted by Crippen LogP contribution is 2.15. The molecule has 0 aliphatic rings. The van der Waals surface area contributed by atoms with Gasteiger partial charge < -0.3 is 4.74 Å². The van der Waals surface area contributed by atoms with Gasteiger partial charge in [0.25, 0.3) is 0 Å². The van der Waals surface area contributed by atoms with Gasteiger partial charge in [-0.2, -0.15) is 0 Å². The highest BCUT2D eigenvalue weighted by molar-refractivity contribution is 6.30. The largest absolute Gasteiger partial charge is 0.374 e. The molecule has 11 heavy (non-hydrogen) atoms. The number of methoxy groups -OCH3 is 1. The summed E-state index contributed by atoms with van der Waals surface area (Å²) in [6, 6.07) is 4.21. The molecule has 0 bridgehead atoms. The van der Waals surface area contributed by atoms with E-state index in [-0.39, 0.29) is 5.82 Å². The quantitative estimate of drug-likeness (QED) is 0.668. The van der Waals surface area contributed by atoms with Crippen molar-refractivity contribution in [3.05, 3.63) is 41.2 Å². The molecule has 1 nitrogen and oxygen atoms in total. The summed E-state index contributed by atoms with van der Waals surface area (Å²) in [5.41, 5.74) is 0.623. The normalized spacial score (nSPS) is 10.1. The zero-order chi connectivity index (χ0) is 8.27. The van der Waals surface area contributed by atoms with Crippen LogP contribution in [0.1, 0.15) is 5.56 Å². The van der Waals surface area contributed by atoms with E-state index in [2.05, 4.69) is 4.74 Å². The van der Waals surface area contributed by atoms with E-state index < -0.39 is 0 Å². The fourth-order valence-electron chi connectivity index (χ4n) is 0.779. The van der Waals surface area contributed by atoms with Gasteiger partial charge in [0.15, 0.2) is 0 Å². The summed E-state index contributed by atoms with van der Waals surface area (Å²) in [5.74, 6) is -0.360. The highest BCUT2D eigenvalue weighted by atomic mass is 35.5. The Balaban J connectivity index is 2.89. The van der Waals surface area contributed by atoms with Gasteiger partial charge in [-0.1, -0.05) is 11.6 Å². The minimum absolute atomic E-state index is 0.360. The van der Waals surface area contributed by atoms with Gasteiger partial charge in [-0.25, -0.2) is 4.39 Å². The first-order valence-electron chi connectivity index (χ1n) is 3.04. The maximum atomic E-state index is 12.6. The van der Waals surface area contributed by atoms with Gasteiger partial charge in [0.05, 0.1) is 0 Å². The molecule has 0 aromatic heterocycles. The second kappa shape index (κ2) is 3.69. The molecule has 1 aromatic carbocycles. The minimum Gasteiger partial charge on any atom is -0.374 e. The van der Waals surface area contributed by atoms with E-state index in [4.69, 9.17) is 11.6 Å². The number of hydrogen-bond donors (Lipinski definition) is 0. The number of hydrogen-bond acceptors (Lipinski definition) is 1. The average molecular weight is 174 g/mol. The molecule has 0 amide bonds. The molecule has 0 saturated carbocycles. The van der Waals surface area contributed by atoms with Crippen molar-refractivity contribution in [1.82, 2.24) is 0 Å². The van der Waals surface area contributed by atoms with Gasteiger partial charge in [-0.15, -0.1) is 0 Å². The Morgan fingerprint density at radius 3 is 2.73 bits per heavy atom. The van der Waals surface area contributed by atoms with E-state index in [0.717, 1.165) is 0 Å². The predicted molar refractivity (Wildman–Crippen MR) is 41.8 cm³/mol. The third-order valence-corrected chi connectivity index (χ3v) is 1.36. The zero-order valence-corrected chi connectivity index (χ0v) is 6.73. The van der Waals surface area contributed by atoms with Crippen LogP contribution in [0.3, 0.4) is 0 Å². The van der Waals surface area contributed by atoms with Crippen molar-refractivity contribution >= 4 is 11.6 Å². The van der Waals surface area contributed by atoms with E-state index >= 15 is 0 Å². The molecule has 1 rings (SSSR count). The lowest BCUT2D eigenvalue weighted by Gasteiger charge is -1.98. The summed E-state index contributed by atoms with van der Waals surface area (Å²) >= 11 is 5.57. The molecule has 0 unspecified atom stereocenters. The third-order valence-electron chi connectivity index (χ3n) is 1.14. The van der Waals surface area contributed by atoms with Crippen molar-refractivity contribution in [3.8, 4) is 0 Å². The van der Waals surface area contributed by atoms with Crippen molar-refractivity contribution in [3.63, 3.8) is 0 Å². The number of rotatable bonds is 2. The molecule has 0 spiro atoms. The molecule has 0 aliphatic heterocycles. The fraction of sp³-hybridized carbons (Fsp3) is 0.125. The number of halogens is 2. The summed E-state index contributed by atoms with van der Waals surface area (Å²) in [6.07, 6.45) is 0. The second-order valence-electron chi connectivity index (χ2n) is 2.06. The van der Waals surface area contributed by atoms with E-state index in [1.54, 1.807) is 6.07 Å². The van der Waals surface area contributed by atoms with Gasteiger partial charge in [-0.3, -0.25) is 0 Å². The van der Waals surface area contributed by atoms with Crippen molar-refractivity contribution < 1.29 is 9.13 Å². The lowest BCUT2D eigenvalue weighted by atomic mass is 10.2. The Morgan fingerprint density at radius 2 is 2.18 bits per heavy atom. The summed E-state index contributed by atoms with van der Waals surface area (Å²) in [7, 11) is 1.50. The van der Waals surface area contributed by atoms with Gasteiger partial charge in [0.2, 0.25) is 0 Å². The topological polar surface area (TPSA) is 9.23 Å². The lowest BCUT2D eigenvalue weighted by Crippen LogP contribution is -1.85. The van der Waals surface area contributed by atoms with Gasteiger partial charge in [-0.05, 0) is 23.8 Å². The van der Waals surface area contributed by atoms with Crippen LogP contribution in [0, 0.1) is 12.4 Å². The Morgan fingerprint density at radius 1 is 1.45 bits per heavy atom.